The summed E-state index contributed by atoms with van der Waals surface area (Å²) in [6.07, 6.45) is 3.07. The van der Waals surface area contributed by atoms with Crippen LogP contribution in [-0.2, 0) is 14.8 Å². The molecule has 4 aromatic rings. The number of thioether (sulfide) groups is 1. The molecule has 2 saturated heterocycles. The van der Waals surface area contributed by atoms with Crippen LogP contribution in [0.3, 0.4) is 0 Å². The number of sulfonamides is 1. The van der Waals surface area contributed by atoms with E-state index in [9.17, 15) is 33.2 Å². The number of nitrogens with one attached hydrogen (secondary N) is 2. The average molecular weight is 1000 g/mol. The van der Waals surface area contributed by atoms with E-state index in [0.29, 0.717) is 30.3 Å². The standard InChI is InChI=1S/C51H64ClN7O8S2/c1-50(2,3)67-49(62)58-29-25-56(26-30-58)36-51(4)22-20-45(37-10-14-40(52)15-11-37)39(33-51)34-55-23-27-57(28-24-55)42-16-12-38(13-17-42)48(61)54-69(65,66)44-18-19-46(47(32-44)59(63)64)53-41(21-31-60)35-68-43-8-6-5-7-9-43/h5-19,32,41,53,60H,20-31,33-36H2,1-4H3,(H,54,61)/t41-,51-/m1/s1. The van der Waals surface area contributed by atoms with Crippen LogP contribution in [0.2, 0.25) is 5.02 Å². The zero-order chi connectivity index (χ0) is 49.3. The van der Waals surface area contributed by atoms with Gasteiger partial charge in [0, 0.05) is 111 Å². The van der Waals surface area contributed by atoms with E-state index in [4.69, 9.17) is 16.3 Å². The fourth-order valence-electron chi connectivity index (χ4n) is 9.29. The lowest BCUT2D eigenvalue weighted by atomic mass is 9.71. The Hall–Kier alpha value is -5.17. The molecule has 0 saturated carbocycles. The van der Waals surface area contributed by atoms with Crippen molar-refractivity contribution in [3.05, 3.63) is 129 Å². The molecule has 15 nitrogen and oxygen atoms in total. The SMILES string of the molecule is CC(C)(C)OC(=O)N1CCN(C[C@]2(C)CCC(c3ccc(Cl)cc3)=C(CN3CCN(c4ccc(C(=O)NS(=O)(=O)c5ccc(N[C@H](CCO)CSc6ccccc6)c([N+](=O)[O-])c5)cc4)CC3)C2)CC1. The summed E-state index contributed by atoms with van der Waals surface area (Å²) in [6.45, 7) is 15.8. The largest absolute Gasteiger partial charge is 0.444 e. The number of hydrogen-bond acceptors (Lipinski definition) is 13. The van der Waals surface area contributed by atoms with Gasteiger partial charge < -0.3 is 25.0 Å². The van der Waals surface area contributed by atoms with Crippen LogP contribution >= 0.6 is 23.4 Å². The summed E-state index contributed by atoms with van der Waals surface area (Å²) in [7, 11) is -4.48. The van der Waals surface area contributed by atoms with E-state index in [0.717, 1.165) is 88.3 Å². The minimum Gasteiger partial charge on any atom is -0.444 e. The van der Waals surface area contributed by atoms with Crippen molar-refractivity contribution < 1.29 is 32.8 Å². The number of nitro benzene ring substituents is 1. The van der Waals surface area contributed by atoms with Crippen molar-refractivity contribution in [3.8, 4) is 0 Å². The summed E-state index contributed by atoms with van der Waals surface area (Å²) in [5.74, 6) is -0.358. The highest BCUT2D eigenvalue weighted by atomic mass is 35.5. The smallest absolute Gasteiger partial charge is 0.410 e. The highest BCUT2D eigenvalue weighted by molar-refractivity contribution is 7.99. The van der Waals surface area contributed by atoms with E-state index in [1.807, 2.05) is 80.3 Å². The fourth-order valence-corrected chi connectivity index (χ4v) is 11.4. The van der Waals surface area contributed by atoms with Crippen molar-refractivity contribution >= 4 is 68.0 Å². The maximum Gasteiger partial charge on any atom is 0.410 e. The van der Waals surface area contributed by atoms with Crippen molar-refractivity contribution in [1.82, 2.24) is 19.4 Å². The van der Waals surface area contributed by atoms with Gasteiger partial charge in [-0.25, -0.2) is 17.9 Å². The molecule has 0 aromatic heterocycles. The average Bonchev–Trinajstić information content (AvgIpc) is 3.31. The zero-order valence-electron chi connectivity index (χ0n) is 39.9. The number of nitrogens with zero attached hydrogens (tertiary/aromatic N) is 5. The highest BCUT2D eigenvalue weighted by Gasteiger charge is 2.36. The number of hydrogen-bond donors (Lipinski definition) is 3. The van der Waals surface area contributed by atoms with Gasteiger partial charge in [-0.05, 0) is 124 Å². The number of carbonyl (C=O) groups is 2. The first-order valence-corrected chi connectivity index (χ1v) is 26.4. The van der Waals surface area contributed by atoms with Gasteiger partial charge in [-0.2, -0.15) is 0 Å². The molecule has 7 rings (SSSR count). The fraction of sp³-hybridized carbons (Fsp3) is 0.451. The van der Waals surface area contributed by atoms with Crippen LogP contribution in [-0.4, -0.2) is 135 Å². The molecule has 1 aliphatic carbocycles. The minimum atomic E-state index is -4.48. The number of rotatable bonds is 17. The molecule has 4 aromatic carbocycles. The maximum atomic E-state index is 13.4. The molecular weight excluding hydrogens is 938 g/mol. The molecule has 0 spiro atoms. The number of aliphatic hydroxyl groups is 1. The first-order valence-electron chi connectivity index (χ1n) is 23.5. The number of piperazine rings is 2. The molecule has 2 amide bonds. The first kappa shape index (κ1) is 51.7. The second kappa shape index (κ2) is 22.7. The number of allylic oxidation sites excluding steroid dienone is 1. The van der Waals surface area contributed by atoms with Gasteiger partial charge in [-0.1, -0.05) is 54.4 Å². The zero-order valence-corrected chi connectivity index (χ0v) is 42.3. The van der Waals surface area contributed by atoms with Gasteiger partial charge in [0.05, 0.1) is 9.82 Å². The third kappa shape index (κ3) is 14.2. The Morgan fingerprint density at radius 3 is 2.22 bits per heavy atom. The second-order valence-electron chi connectivity index (χ2n) is 19.5. The lowest BCUT2D eigenvalue weighted by Gasteiger charge is -2.44. The maximum absolute atomic E-state index is 13.4. The van der Waals surface area contributed by atoms with Gasteiger partial charge in [-0.15, -0.1) is 11.8 Å². The van der Waals surface area contributed by atoms with Crippen molar-refractivity contribution in [2.45, 2.75) is 74.8 Å². The van der Waals surface area contributed by atoms with Gasteiger partial charge in [0.25, 0.3) is 21.6 Å². The first-order chi connectivity index (χ1) is 32.9. The van der Waals surface area contributed by atoms with Crippen LogP contribution in [0.5, 0.6) is 0 Å². The van der Waals surface area contributed by atoms with Gasteiger partial charge in [0.1, 0.15) is 11.3 Å². The minimum absolute atomic E-state index is 0.0713. The Kier molecular flexibility index (Phi) is 17.0. The summed E-state index contributed by atoms with van der Waals surface area (Å²) in [6, 6.07) is 27.7. The van der Waals surface area contributed by atoms with E-state index < -0.39 is 37.0 Å². The summed E-state index contributed by atoms with van der Waals surface area (Å²) in [5.41, 5.74) is 4.26. The number of carbonyl (C=O) groups excluding carboxylic acids is 2. The summed E-state index contributed by atoms with van der Waals surface area (Å²) >= 11 is 7.84. The molecule has 0 bridgehead atoms. The van der Waals surface area contributed by atoms with Crippen molar-refractivity contribution in [1.29, 1.82) is 0 Å². The topological polar surface area (TPSA) is 178 Å². The molecule has 3 N–H and O–H groups in total. The molecule has 0 unspecified atom stereocenters. The third-order valence-corrected chi connectivity index (χ3v) is 15.6. The van der Waals surface area contributed by atoms with Gasteiger partial charge in [0.2, 0.25) is 0 Å². The van der Waals surface area contributed by atoms with E-state index in [2.05, 4.69) is 43.8 Å². The summed E-state index contributed by atoms with van der Waals surface area (Å²) < 4.78 is 34.6. The van der Waals surface area contributed by atoms with Crippen LogP contribution in [0.4, 0.5) is 21.9 Å². The molecule has 3 aliphatic rings. The lowest BCUT2D eigenvalue weighted by Crippen LogP contribution is -2.52. The van der Waals surface area contributed by atoms with E-state index in [-0.39, 0.29) is 35.4 Å². The summed E-state index contributed by atoms with van der Waals surface area (Å²) in [4.78, 5) is 47.2. The molecule has 18 heteroatoms. The highest BCUT2D eigenvalue weighted by Crippen LogP contribution is 2.44. The quantitative estimate of drug-likeness (QED) is 0.0521. The molecule has 69 heavy (non-hydrogen) atoms. The number of ether oxygens (including phenoxy) is 1. The van der Waals surface area contributed by atoms with Crippen LogP contribution in [0, 0.1) is 15.5 Å². The second-order valence-corrected chi connectivity index (χ2v) is 22.7. The Morgan fingerprint density at radius 2 is 1.58 bits per heavy atom. The lowest BCUT2D eigenvalue weighted by molar-refractivity contribution is -0.384. The predicted molar refractivity (Wildman–Crippen MR) is 274 cm³/mol. The number of nitro groups is 1. The number of anilines is 2. The third-order valence-electron chi connectivity index (χ3n) is 12.9. The normalized spacial score (nSPS) is 19.0. The van der Waals surface area contributed by atoms with E-state index in [1.54, 1.807) is 12.1 Å². The van der Waals surface area contributed by atoms with E-state index >= 15 is 0 Å². The monoisotopic (exact) mass is 1000 g/mol. The number of halogens is 1. The van der Waals surface area contributed by atoms with Gasteiger partial charge in [0.15, 0.2) is 0 Å². The number of benzene rings is 4. The van der Waals surface area contributed by atoms with Gasteiger partial charge in [-0.3, -0.25) is 24.7 Å². The Morgan fingerprint density at radius 1 is 0.913 bits per heavy atom. The van der Waals surface area contributed by atoms with Crippen LogP contribution in [0.25, 0.3) is 5.57 Å². The molecule has 2 fully saturated rings. The van der Waals surface area contributed by atoms with Crippen molar-refractivity contribution in [3.63, 3.8) is 0 Å². The molecule has 2 atom stereocenters. The van der Waals surface area contributed by atoms with Crippen molar-refractivity contribution in [2.75, 3.05) is 88.0 Å². The van der Waals surface area contributed by atoms with Crippen LogP contribution < -0.4 is 14.9 Å². The molecule has 2 heterocycles. The predicted octanol–water partition coefficient (Wildman–Crippen LogP) is 8.64. The number of amides is 2. The Bertz CT molecular complexity index is 2560. The van der Waals surface area contributed by atoms with Gasteiger partial charge >= 0.3 is 6.09 Å². The summed E-state index contributed by atoms with van der Waals surface area (Å²) in [5, 5.41) is 25.6. The van der Waals surface area contributed by atoms with Crippen molar-refractivity contribution in [2.24, 2.45) is 5.41 Å². The molecule has 2 aliphatic heterocycles. The Labute approximate surface area is 415 Å². The van der Waals surface area contributed by atoms with E-state index in [1.165, 1.54) is 40.6 Å². The Balaban J connectivity index is 0.944. The molecular formula is C51H64ClN7O8S2. The van der Waals surface area contributed by atoms with Crippen LogP contribution in [0.15, 0.2) is 112 Å². The van der Waals surface area contributed by atoms with Crippen LogP contribution in [0.1, 0.15) is 69.3 Å². The molecule has 370 valence electrons. The number of aliphatic hydroxyl groups excluding tert-OH is 1. The molecule has 0 radical (unpaired) electrons.